The molecule has 3 aromatic carbocycles. The molecule has 0 saturated carbocycles. The molecule has 0 fully saturated rings. The van der Waals surface area contributed by atoms with Gasteiger partial charge in [-0.15, -0.1) is 0 Å². The Kier molecular flexibility index (Phi) is 8.57. The van der Waals surface area contributed by atoms with Crippen LogP contribution in [0.4, 0.5) is 5.69 Å². The van der Waals surface area contributed by atoms with E-state index in [2.05, 4.69) is 0 Å². The van der Waals surface area contributed by atoms with Crippen LogP contribution in [0.15, 0.2) is 89.8 Å². The third-order valence-electron chi connectivity index (χ3n) is 5.35. The normalized spacial score (nSPS) is 12.6. The number of nitro groups is 1. The molecule has 3 rings (SSSR count). The largest absolute Gasteiger partial charge is 0.459 e. The van der Waals surface area contributed by atoms with E-state index in [1.807, 2.05) is 0 Å². The first-order chi connectivity index (χ1) is 17.4. The fourth-order valence-corrected chi connectivity index (χ4v) is 5.14. The molecule has 0 radical (unpaired) electrons. The van der Waals surface area contributed by atoms with Crippen LogP contribution in [-0.4, -0.2) is 47.6 Å². The predicted octanol–water partition coefficient (Wildman–Crippen LogP) is 4.42. The van der Waals surface area contributed by atoms with Crippen LogP contribution < -0.4 is 0 Å². The molecule has 0 bridgehead atoms. The number of sulfonamides is 1. The van der Waals surface area contributed by atoms with E-state index in [-0.39, 0.29) is 22.6 Å². The maximum absolute atomic E-state index is 13.9. The minimum Gasteiger partial charge on any atom is -0.459 e. The highest BCUT2D eigenvalue weighted by Crippen LogP contribution is 2.25. The molecule has 0 amide bonds. The second-order valence-electron chi connectivity index (χ2n) is 9.33. The molecule has 1 unspecified atom stereocenters. The summed E-state index contributed by atoms with van der Waals surface area (Å²) >= 11 is 0. The van der Waals surface area contributed by atoms with Crippen molar-refractivity contribution in [2.24, 2.45) is 0 Å². The summed E-state index contributed by atoms with van der Waals surface area (Å²) < 4.78 is 34.2. The molecule has 194 valence electrons. The number of nitrogens with zero attached hydrogens (tertiary/aromatic N) is 2. The van der Waals surface area contributed by atoms with Crippen molar-refractivity contribution in [3.63, 3.8) is 0 Å². The molecule has 0 heterocycles. The van der Waals surface area contributed by atoms with Gasteiger partial charge in [-0.25, -0.2) is 8.42 Å². The SMILES string of the molecule is CC(C)(C)OC(=O)C(Cc1ccccc1)N(CC(=O)c1ccccc1)S(=O)(=O)c1ccc([N+](=O)[O-])cc1. The number of non-ortho nitro benzene ring substituents is 1. The Balaban J connectivity index is 2.12. The van der Waals surface area contributed by atoms with Crippen molar-refractivity contribution >= 4 is 27.5 Å². The Labute approximate surface area is 215 Å². The van der Waals surface area contributed by atoms with E-state index in [0.717, 1.165) is 28.6 Å². The lowest BCUT2D eigenvalue weighted by Gasteiger charge is -2.31. The molecule has 10 heteroatoms. The molecular formula is C27H28N2O7S. The van der Waals surface area contributed by atoms with Crippen LogP contribution in [0, 0.1) is 10.1 Å². The van der Waals surface area contributed by atoms with Gasteiger partial charge in [0.2, 0.25) is 10.0 Å². The zero-order valence-electron chi connectivity index (χ0n) is 20.7. The summed E-state index contributed by atoms with van der Waals surface area (Å²) in [6.07, 6.45) is -0.0516. The molecule has 37 heavy (non-hydrogen) atoms. The van der Waals surface area contributed by atoms with Crippen molar-refractivity contribution in [3.8, 4) is 0 Å². The summed E-state index contributed by atoms with van der Waals surface area (Å²) in [5.74, 6) is -1.34. The Morgan fingerprint density at radius 3 is 1.97 bits per heavy atom. The van der Waals surface area contributed by atoms with Gasteiger partial charge in [0, 0.05) is 17.7 Å². The molecule has 0 spiro atoms. The third kappa shape index (κ3) is 7.31. The molecule has 0 N–H and O–H groups in total. The summed E-state index contributed by atoms with van der Waals surface area (Å²) in [5.41, 5.74) is -0.277. The molecule has 0 aliphatic carbocycles. The highest BCUT2D eigenvalue weighted by molar-refractivity contribution is 7.89. The number of ketones is 1. The van der Waals surface area contributed by atoms with E-state index in [4.69, 9.17) is 4.74 Å². The molecule has 0 saturated heterocycles. The summed E-state index contributed by atoms with van der Waals surface area (Å²) in [6.45, 7) is 4.35. The van der Waals surface area contributed by atoms with Gasteiger partial charge in [0.05, 0.1) is 16.4 Å². The van der Waals surface area contributed by atoms with Crippen molar-refractivity contribution in [1.29, 1.82) is 0 Å². The number of hydrogen-bond acceptors (Lipinski definition) is 7. The van der Waals surface area contributed by atoms with E-state index in [1.165, 1.54) is 0 Å². The Bertz CT molecular complexity index is 1350. The summed E-state index contributed by atoms with van der Waals surface area (Å²) in [4.78, 5) is 36.7. The van der Waals surface area contributed by atoms with Crippen molar-refractivity contribution < 1.29 is 27.7 Å². The first-order valence-electron chi connectivity index (χ1n) is 11.5. The summed E-state index contributed by atoms with van der Waals surface area (Å²) in [6, 6.07) is 19.8. The monoisotopic (exact) mass is 524 g/mol. The fourth-order valence-electron chi connectivity index (χ4n) is 3.60. The van der Waals surface area contributed by atoms with Crippen LogP contribution in [0.3, 0.4) is 0 Å². The molecule has 3 aromatic rings. The molecule has 0 aliphatic rings. The van der Waals surface area contributed by atoms with Crippen LogP contribution in [0.1, 0.15) is 36.7 Å². The van der Waals surface area contributed by atoms with Gasteiger partial charge in [0.1, 0.15) is 11.6 Å². The lowest BCUT2D eigenvalue weighted by Crippen LogP contribution is -2.50. The highest BCUT2D eigenvalue weighted by atomic mass is 32.2. The smallest absolute Gasteiger partial charge is 0.325 e. The van der Waals surface area contributed by atoms with Crippen molar-refractivity contribution in [1.82, 2.24) is 4.31 Å². The van der Waals surface area contributed by atoms with Gasteiger partial charge < -0.3 is 4.74 Å². The van der Waals surface area contributed by atoms with Crippen molar-refractivity contribution in [3.05, 3.63) is 106 Å². The Hall–Kier alpha value is -3.89. The minimum absolute atomic E-state index is 0.0516. The lowest BCUT2D eigenvalue weighted by molar-refractivity contribution is -0.384. The molecule has 0 aromatic heterocycles. The predicted molar refractivity (Wildman–Crippen MR) is 138 cm³/mol. The highest BCUT2D eigenvalue weighted by Gasteiger charge is 2.40. The van der Waals surface area contributed by atoms with Crippen LogP contribution in [-0.2, 0) is 26.0 Å². The van der Waals surface area contributed by atoms with Gasteiger partial charge in [0.25, 0.3) is 5.69 Å². The maximum atomic E-state index is 13.9. The number of rotatable bonds is 10. The van der Waals surface area contributed by atoms with Gasteiger partial charge in [-0.05, 0) is 44.9 Å². The van der Waals surface area contributed by atoms with Crippen LogP contribution in [0.5, 0.6) is 0 Å². The number of esters is 1. The number of carbonyl (C=O) groups excluding carboxylic acids is 2. The average Bonchev–Trinajstić information content (AvgIpc) is 2.86. The number of ether oxygens (including phenoxy) is 1. The zero-order chi connectivity index (χ0) is 27.2. The average molecular weight is 525 g/mol. The zero-order valence-corrected chi connectivity index (χ0v) is 21.6. The quantitative estimate of drug-likeness (QED) is 0.166. The Morgan fingerprint density at radius 1 is 0.919 bits per heavy atom. The second-order valence-corrected chi connectivity index (χ2v) is 11.2. The van der Waals surface area contributed by atoms with E-state index < -0.39 is 44.9 Å². The van der Waals surface area contributed by atoms with Gasteiger partial charge in [-0.1, -0.05) is 60.7 Å². The summed E-state index contributed by atoms with van der Waals surface area (Å²) in [5, 5.41) is 11.1. The van der Waals surface area contributed by atoms with Crippen LogP contribution in [0.2, 0.25) is 0 Å². The molecule has 0 aliphatic heterocycles. The number of carbonyl (C=O) groups is 2. The standard InChI is InChI=1S/C27H28N2O7S/c1-27(2,3)36-26(31)24(18-20-10-6-4-7-11-20)28(19-25(30)21-12-8-5-9-13-21)37(34,35)23-16-14-22(15-17-23)29(32)33/h4-17,24H,18-19H2,1-3H3. The van der Waals surface area contributed by atoms with Gasteiger partial charge >= 0.3 is 5.97 Å². The second kappa shape index (κ2) is 11.4. The Morgan fingerprint density at radius 2 is 1.46 bits per heavy atom. The van der Waals surface area contributed by atoms with E-state index >= 15 is 0 Å². The topological polar surface area (TPSA) is 124 Å². The lowest BCUT2D eigenvalue weighted by atomic mass is 10.0. The minimum atomic E-state index is -4.48. The van der Waals surface area contributed by atoms with Gasteiger partial charge in [-0.2, -0.15) is 4.31 Å². The van der Waals surface area contributed by atoms with Crippen molar-refractivity contribution in [2.75, 3.05) is 6.54 Å². The maximum Gasteiger partial charge on any atom is 0.325 e. The molecular weight excluding hydrogens is 496 g/mol. The fraction of sp³-hybridized carbons (Fsp3) is 0.259. The number of nitro benzene ring substituents is 1. The number of Topliss-reactive ketones (excluding diaryl/α,β-unsaturated/α-hetero) is 1. The number of hydrogen-bond donors (Lipinski definition) is 0. The number of benzene rings is 3. The van der Waals surface area contributed by atoms with Crippen LogP contribution in [0.25, 0.3) is 0 Å². The van der Waals surface area contributed by atoms with Crippen molar-refractivity contribution in [2.45, 2.75) is 43.7 Å². The summed E-state index contributed by atoms with van der Waals surface area (Å²) in [7, 11) is -4.48. The van der Waals surface area contributed by atoms with E-state index in [9.17, 15) is 28.1 Å². The molecule has 1 atom stereocenters. The van der Waals surface area contributed by atoms with E-state index in [1.54, 1.807) is 81.4 Å². The third-order valence-corrected chi connectivity index (χ3v) is 7.22. The van der Waals surface area contributed by atoms with Gasteiger partial charge in [-0.3, -0.25) is 19.7 Å². The van der Waals surface area contributed by atoms with Crippen LogP contribution >= 0.6 is 0 Å². The van der Waals surface area contributed by atoms with Gasteiger partial charge in [0.15, 0.2) is 5.78 Å². The first kappa shape index (κ1) is 27.7. The molecule has 9 nitrogen and oxygen atoms in total. The first-order valence-corrected chi connectivity index (χ1v) is 12.9. The van der Waals surface area contributed by atoms with E-state index in [0.29, 0.717) is 5.56 Å².